The van der Waals surface area contributed by atoms with E-state index in [1.807, 2.05) is 6.26 Å². The molecule has 1 N–H and O–H groups in total. The lowest BCUT2D eigenvalue weighted by Gasteiger charge is -2.22. The quantitative estimate of drug-likeness (QED) is 0.794. The van der Waals surface area contributed by atoms with Gasteiger partial charge in [-0.1, -0.05) is 20.8 Å². The third-order valence-electron chi connectivity index (χ3n) is 3.73. The fourth-order valence-corrected chi connectivity index (χ4v) is 2.53. The predicted octanol–water partition coefficient (Wildman–Crippen LogP) is 2.78. The van der Waals surface area contributed by atoms with Crippen LogP contribution in [0.3, 0.4) is 0 Å². The van der Waals surface area contributed by atoms with Crippen molar-refractivity contribution in [2.24, 2.45) is 0 Å². The monoisotopic (exact) mass is 280 g/mol. The number of nitrogens with zero attached hydrogens (tertiary/aromatic N) is 1. The summed E-state index contributed by atoms with van der Waals surface area (Å²) in [5.41, 5.74) is 1.22. The van der Waals surface area contributed by atoms with Crippen LogP contribution in [0.5, 0.6) is 0 Å². The molecule has 20 heavy (non-hydrogen) atoms. The topological polar surface area (TPSA) is 37.6 Å². The maximum absolute atomic E-state index is 5.71. The molecule has 0 spiro atoms. The number of hydrogen-bond acceptors (Lipinski definition) is 4. The maximum atomic E-state index is 5.71. The van der Waals surface area contributed by atoms with Gasteiger partial charge in [0.15, 0.2) is 0 Å². The van der Waals surface area contributed by atoms with E-state index in [-0.39, 0.29) is 0 Å². The van der Waals surface area contributed by atoms with Gasteiger partial charge in [-0.15, -0.1) is 0 Å². The second kappa shape index (κ2) is 7.81. The lowest BCUT2D eigenvalue weighted by Crippen LogP contribution is -2.31. The Labute approximate surface area is 122 Å². The summed E-state index contributed by atoms with van der Waals surface area (Å²) in [4.78, 5) is 2.40. The summed E-state index contributed by atoms with van der Waals surface area (Å²) in [5, 5.41) is 3.41. The van der Waals surface area contributed by atoms with Crippen LogP contribution in [-0.4, -0.2) is 36.7 Å². The molecule has 1 fully saturated rings. The van der Waals surface area contributed by atoms with E-state index in [9.17, 15) is 0 Å². The lowest BCUT2D eigenvalue weighted by molar-refractivity contribution is 0.0703. The zero-order chi connectivity index (χ0) is 14.4. The van der Waals surface area contributed by atoms with E-state index in [1.165, 1.54) is 18.4 Å². The molecular weight excluding hydrogens is 252 g/mol. The molecule has 2 rings (SSSR count). The van der Waals surface area contributed by atoms with Gasteiger partial charge in [-0.05, 0) is 25.5 Å². The minimum absolute atomic E-state index is 0.409. The number of ether oxygens (including phenoxy) is 1. The number of hydrogen-bond donors (Lipinski definition) is 1. The van der Waals surface area contributed by atoms with Crippen LogP contribution < -0.4 is 5.32 Å². The minimum atomic E-state index is 0.409. The Morgan fingerprint density at radius 3 is 2.95 bits per heavy atom. The molecule has 0 aromatic carbocycles. The van der Waals surface area contributed by atoms with Crippen LogP contribution in [0.4, 0.5) is 0 Å². The van der Waals surface area contributed by atoms with Crippen molar-refractivity contribution >= 4 is 0 Å². The normalized spacial score (nSPS) is 19.4. The Morgan fingerprint density at radius 2 is 2.30 bits per heavy atom. The Kier molecular flexibility index (Phi) is 6.07. The Balaban J connectivity index is 1.80. The molecule has 0 bridgehead atoms. The van der Waals surface area contributed by atoms with E-state index in [1.54, 1.807) is 0 Å². The van der Waals surface area contributed by atoms with Crippen LogP contribution in [-0.2, 0) is 17.8 Å². The second-order valence-electron chi connectivity index (χ2n) is 5.92. The van der Waals surface area contributed by atoms with Crippen LogP contribution in [0.1, 0.15) is 44.9 Å². The molecule has 2 heterocycles. The third kappa shape index (κ3) is 4.93. The molecule has 4 nitrogen and oxygen atoms in total. The average Bonchev–Trinajstić information content (AvgIpc) is 3.07. The van der Waals surface area contributed by atoms with Gasteiger partial charge in [0.2, 0.25) is 0 Å². The summed E-state index contributed by atoms with van der Waals surface area (Å²) in [6.07, 6.45) is 4.67. The first-order chi connectivity index (χ1) is 9.67. The van der Waals surface area contributed by atoms with Gasteiger partial charge in [-0.3, -0.25) is 4.90 Å². The van der Waals surface area contributed by atoms with Gasteiger partial charge < -0.3 is 14.5 Å². The zero-order valence-corrected chi connectivity index (χ0v) is 13.0. The Bertz CT molecular complexity index is 384. The summed E-state index contributed by atoms with van der Waals surface area (Å²) < 4.78 is 11.4. The van der Waals surface area contributed by atoms with Crippen molar-refractivity contribution in [3.63, 3.8) is 0 Å². The molecule has 4 heteroatoms. The summed E-state index contributed by atoms with van der Waals surface area (Å²) in [6.45, 7) is 11.2. The molecule has 1 aliphatic heterocycles. The molecule has 1 atom stereocenters. The molecular formula is C16H28N2O2. The molecule has 114 valence electrons. The van der Waals surface area contributed by atoms with Crippen molar-refractivity contribution in [3.8, 4) is 0 Å². The standard InChI is InChI=1S/C16H28N2O2/c1-4-18(10-15-6-5-7-19-15)11-16-8-14(12-20-16)9-17-13(2)3/h8,12-13,15,17H,4-7,9-11H2,1-3H3. The average molecular weight is 280 g/mol. The summed E-state index contributed by atoms with van der Waals surface area (Å²) in [5.74, 6) is 1.05. The van der Waals surface area contributed by atoms with Gasteiger partial charge in [-0.25, -0.2) is 0 Å². The third-order valence-corrected chi connectivity index (χ3v) is 3.73. The van der Waals surface area contributed by atoms with Crippen molar-refractivity contribution in [2.45, 2.75) is 58.8 Å². The van der Waals surface area contributed by atoms with Gasteiger partial charge in [0.05, 0.1) is 18.9 Å². The van der Waals surface area contributed by atoms with Crippen LogP contribution in [0, 0.1) is 0 Å². The Hall–Kier alpha value is -0.840. The fraction of sp³-hybridized carbons (Fsp3) is 0.750. The van der Waals surface area contributed by atoms with Crippen molar-refractivity contribution < 1.29 is 9.15 Å². The fourth-order valence-electron chi connectivity index (χ4n) is 2.53. The SMILES string of the molecule is CCN(Cc1cc(CNC(C)C)co1)CC1CCCO1. The molecule has 0 saturated carbocycles. The lowest BCUT2D eigenvalue weighted by atomic mass is 10.2. The first-order valence-corrected chi connectivity index (χ1v) is 7.81. The van der Waals surface area contributed by atoms with Crippen molar-refractivity contribution in [1.29, 1.82) is 0 Å². The van der Waals surface area contributed by atoms with Crippen LogP contribution in [0.25, 0.3) is 0 Å². The highest BCUT2D eigenvalue weighted by molar-refractivity contribution is 5.12. The molecule has 0 amide bonds. The van der Waals surface area contributed by atoms with E-state index in [0.717, 1.165) is 38.5 Å². The number of likely N-dealkylation sites (N-methyl/N-ethyl adjacent to an activating group) is 1. The Morgan fingerprint density at radius 1 is 1.45 bits per heavy atom. The zero-order valence-electron chi connectivity index (χ0n) is 13.0. The van der Waals surface area contributed by atoms with E-state index in [2.05, 4.69) is 37.1 Å². The number of rotatable bonds is 8. The van der Waals surface area contributed by atoms with Crippen molar-refractivity contribution in [2.75, 3.05) is 19.7 Å². The summed E-state index contributed by atoms with van der Waals surface area (Å²) in [6, 6.07) is 2.66. The predicted molar refractivity (Wildman–Crippen MR) is 80.6 cm³/mol. The molecule has 1 aromatic heterocycles. The molecule has 1 saturated heterocycles. The highest BCUT2D eigenvalue weighted by Gasteiger charge is 2.19. The first kappa shape index (κ1) is 15.5. The van der Waals surface area contributed by atoms with E-state index >= 15 is 0 Å². The van der Waals surface area contributed by atoms with Crippen LogP contribution >= 0.6 is 0 Å². The van der Waals surface area contributed by atoms with Gasteiger partial charge in [0.1, 0.15) is 5.76 Å². The first-order valence-electron chi connectivity index (χ1n) is 7.81. The number of nitrogens with one attached hydrogen (secondary N) is 1. The molecule has 0 radical (unpaired) electrons. The van der Waals surface area contributed by atoms with E-state index < -0.39 is 0 Å². The largest absolute Gasteiger partial charge is 0.468 e. The van der Waals surface area contributed by atoms with Crippen molar-refractivity contribution in [1.82, 2.24) is 10.2 Å². The molecule has 1 unspecified atom stereocenters. The minimum Gasteiger partial charge on any atom is -0.468 e. The summed E-state index contributed by atoms with van der Waals surface area (Å²) in [7, 11) is 0. The van der Waals surface area contributed by atoms with Gasteiger partial charge in [-0.2, -0.15) is 0 Å². The van der Waals surface area contributed by atoms with Gasteiger partial charge in [0, 0.05) is 31.3 Å². The van der Waals surface area contributed by atoms with Crippen molar-refractivity contribution in [3.05, 3.63) is 23.7 Å². The highest BCUT2D eigenvalue weighted by Crippen LogP contribution is 2.16. The van der Waals surface area contributed by atoms with E-state index in [4.69, 9.17) is 9.15 Å². The number of furan rings is 1. The summed E-state index contributed by atoms with van der Waals surface area (Å²) >= 11 is 0. The molecule has 1 aromatic rings. The maximum Gasteiger partial charge on any atom is 0.118 e. The highest BCUT2D eigenvalue weighted by atomic mass is 16.5. The van der Waals surface area contributed by atoms with Gasteiger partial charge in [0.25, 0.3) is 0 Å². The van der Waals surface area contributed by atoms with E-state index in [0.29, 0.717) is 12.1 Å². The van der Waals surface area contributed by atoms with Crippen LogP contribution in [0.15, 0.2) is 16.7 Å². The second-order valence-corrected chi connectivity index (χ2v) is 5.92. The van der Waals surface area contributed by atoms with Gasteiger partial charge >= 0.3 is 0 Å². The van der Waals surface area contributed by atoms with Crippen LogP contribution in [0.2, 0.25) is 0 Å². The smallest absolute Gasteiger partial charge is 0.118 e. The molecule has 0 aliphatic carbocycles. The molecule has 1 aliphatic rings.